The van der Waals surface area contributed by atoms with Crippen molar-refractivity contribution >= 4 is 27.3 Å². The zero-order valence-electron chi connectivity index (χ0n) is 17.2. The Morgan fingerprint density at radius 2 is 1.39 bits per heavy atom. The molecule has 0 saturated carbocycles. The van der Waals surface area contributed by atoms with Crippen molar-refractivity contribution in [3.63, 3.8) is 0 Å². The summed E-state index contributed by atoms with van der Waals surface area (Å²) in [6.07, 6.45) is -3.65. The number of hydrogen-bond donors (Lipinski definition) is 0. The monoisotopic (exact) mass is 485 g/mol. The van der Waals surface area contributed by atoms with E-state index in [1.54, 1.807) is 0 Å². The fraction of sp³-hybridized carbons (Fsp3) is 0.300. The van der Waals surface area contributed by atoms with Gasteiger partial charge in [0.2, 0.25) is 0 Å². The Morgan fingerprint density at radius 3 is 1.82 bits per heavy atom. The van der Waals surface area contributed by atoms with Crippen LogP contribution in [0, 0.1) is 10.1 Å². The Kier molecular flexibility index (Phi) is 6.45. The quantitative estimate of drug-likeness (QED) is 0.485. The molecule has 2 aromatic rings. The number of benzene rings is 2. The molecule has 0 spiro atoms. The number of carbonyl (C=O) groups excluding carboxylic acids is 2. The molecule has 1 saturated heterocycles. The first-order valence-corrected chi connectivity index (χ1v) is 11.4. The largest absolute Gasteiger partial charge is 0.416 e. The number of amides is 2. The molecule has 1 fully saturated rings. The Balaban J connectivity index is 1.72. The third-order valence-corrected chi connectivity index (χ3v) is 6.18. The molecule has 0 atom stereocenters. The predicted molar refractivity (Wildman–Crippen MR) is 109 cm³/mol. The molecule has 0 aromatic heterocycles. The van der Waals surface area contributed by atoms with Crippen LogP contribution in [0.3, 0.4) is 0 Å². The van der Waals surface area contributed by atoms with Crippen molar-refractivity contribution in [3.8, 4) is 0 Å². The van der Waals surface area contributed by atoms with Gasteiger partial charge in [-0.1, -0.05) is 0 Å². The van der Waals surface area contributed by atoms with Crippen molar-refractivity contribution < 1.29 is 36.1 Å². The summed E-state index contributed by atoms with van der Waals surface area (Å²) in [6, 6.07) is 6.70. The smallest absolute Gasteiger partial charge is 0.335 e. The number of non-ortho nitro benzene ring substituents is 1. The summed E-state index contributed by atoms with van der Waals surface area (Å²) in [7, 11) is -3.81. The van der Waals surface area contributed by atoms with Gasteiger partial charge in [-0.05, 0) is 30.3 Å². The van der Waals surface area contributed by atoms with E-state index >= 15 is 0 Å². The molecular formula is C20H18F3N3O6S. The van der Waals surface area contributed by atoms with Gasteiger partial charge in [0, 0.05) is 55.7 Å². The molecule has 1 aliphatic rings. The number of alkyl halides is 3. The van der Waals surface area contributed by atoms with Gasteiger partial charge < -0.3 is 9.80 Å². The lowest BCUT2D eigenvalue weighted by Crippen LogP contribution is -2.50. The minimum Gasteiger partial charge on any atom is -0.335 e. The Morgan fingerprint density at radius 1 is 0.909 bits per heavy atom. The van der Waals surface area contributed by atoms with Crippen LogP contribution in [-0.2, 0) is 16.0 Å². The first-order valence-electron chi connectivity index (χ1n) is 9.53. The van der Waals surface area contributed by atoms with E-state index in [4.69, 9.17) is 0 Å². The predicted octanol–water partition coefficient (Wildman–Crippen LogP) is 2.62. The summed E-state index contributed by atoms with van der Waals surface area (Å²) in [6.45, 7) is 0.281. The van der Waals surface area contributed by atoms with E-state index < -0.39 is 44.0 Å². The van der Waals surface area contributed by atoms with Crippen molar-refractivity contribution in [2.75, 3.05) is 32.4 Å². The average molecular weight is 485 g/mol. The molecule has 0 bridgehead atoms. The average Bonchev–Trinajstić information content (AvgIpc) is 2.76. The van der Waals surface area contributed by atoms with Crippen LogP contribution in [0.5, 0.6) is 0 Å². The second-order valence-electron chi connectivity index (χ2n) is 7.40. The molecule has 0 radical (unpaired) electrons. The first-order chi connectivity index (χ1) is 15.3. The summed E-state index contributed by atoms with van der Waals surface area (Å²) in [5.74, 6) is -1.13. The number of halogens is 3. The third-order valence-electron chi connectivity index (χ3n) is 5.09. The molecule has 0 N–H and O–H groups in total. The van der Waals surface area contributed by atoms with Crippen LogP contribution in [0.2, 0.25) is 0 Å². The molecule has 176 valence electrons. The highest BCUT2D eigenvalue weighted by molar-refractivity contribution is 7.90. The van der Waals surface area contributed by atoms with Crippen LogP contribution in [-0.4, -0.2) is 67.4 Å². The minimum absolute atomic E-state index is 0.0576. The number of nitrogens with zero attached hydrogens (tertiary/aromatic N) is 3. The zero-order chi connectivity index (χ0) is 24.6. The number of sulfone groups is 1. The van der Waals surface area contributed by atoms with Gasteiger partial charge in [-0.2, -0.15) is 13.2 Å². The molecule has 2 aromatic carbocycles. The van der Waals surface area contributed by atoms with Gasteiger partial charge in [0.25, 0.3) is 17.5 Å². The van der Waals surface area contributed by atoms with E-state index in [2.05, 4.69) is 0 Å². The van der Waals surface area contributed by atoms with Crippen molar-refractivity contribution in [1.29, 1.82) is 0 Å². The van der Waals surface area contributed by atoms with Gasteiger partial charge in [-0.15, -0.1) is 0 Å². The lowest BCUT2D eigenvalue weighted by Gasteiger charge is -2.35. The van der Waals surface area contributed by atoms with Gasteiger partial charge in [0.1, 0.15) is 0 Å². The standard InChI is InChI=1S/C20H18F3N3O6S/c1-33(31,32)17-11-14(10-16(12-17)26(29)30)19(28)25-8-6-24(7-9-25)18(27)13-2-4-15(5-3-13)20(21,22)23/h2-5,10-12H,6-9H2,1H3. The lowest BCUT2D eigenvalue weighted by molar-refractivity contribution is -0.385. The zero-order valence-corrected chi connectivity index (χ0v) is 18.0. The fourth-order valence-corrected chi connectivity index (χ4v) is 3.98. The lowest BCUT2D eigenvalue weighted by atomic mass is 10.1. The second-order valence-corrected chi connectivity index (χ2v) is 9.42. The van der Waals surface area contributed by atoms with Crippen molar-refractivity contribution in [3.05, 3.63) is 69.3 Å². The molecule has 0 aliphatic carbocycles. The maximum absolute atomic E-state index is 12.8. The van der Waals surface area contributed by atoms with E-state index in [1.165, 1.54) is 9.80 Å². The van der Waals surface area contributed by atoms with E-state index in [1.807, 2.05) is 0 Å². The minimum atomic E-state index is -4.52. The molecule has 1 aliphatic heterocycles. The van der Waals surface area contributed by atoms with Crippen molar-refractivity contribution in [1.82, 2.24) is 9.80 Å². The highest BCUT2D eigenvalue weighted by Gasteiger charge is 2.31. The Labute approximate surface area is 186 Å². The summed E-state index contributed by atoms with van der Waals surface area (Å²) in [4.78, 5) is 38.1. The van der Waals surface area contributed by atoms with Crippen LogP contribution in [0.1, 0.15) is 26.3 Å². The molecule has 2 amide bonds. The van der Waals surface area contributed by atoms with Crippen molar-refractivity contribution in [2.45, 2.75) is 11.1 Å². The molecular weight excluding hydrogens is 467 g/mol. The maximum atomic E-state index is 12.8. The SMILES string of the molecule is CS(=O)(=O)c1cc(C(=O)N2CCN(C(=O)c3ccc(C(F)(F)F)cc3)CC2)cc([N+](=O)[O-])c1. The molecule has 33 heavy (non-hydrogen) atoms. The summed E-state index contributed by atoms with van der Waals surface area (Å²) < 4.78 is 61.7. The van der Waals surface area contributed by atoms with Crippen LogP contribution in [0.25, 0.3) is 0 Å². The number of nitro groups is 1. The Hall–Kier alpha value is -3.48. The van der Waals surface area contributed by atoms with E-state index in [9.17, 15) is 41.3 Å². The summed E-state index contributed by atoms with van der Waals surface area (Å²) in [5, 5.41) is 11.1. The van der Waals surface area contributed by atoms with Gasteiger partial charge in [0.05, 0.1) is 15.4 Å². The Bertz CT molecular complexity index is 1200. The van der Waals surface area contributed by atoms with Crippen LogP contribution < -0.4 is 0 Å². The highest BCUT2D eigenvalue weighted by Crippen LogP contribution is 2.29. The fourth-order valence-electron chi connectivity index (χ4n) is 3.31. The number of piperazine rings is 1. The normalized spacial score (nSPS) is 14.8. The molecule has 0 unspecified atom stereocenters. The molecule has 1 heterocycles. The van der Waals surface area contributed by atoms with Crippen LogP contribution in [0.4, 0.5) is 18.9 Å². The molecule has 13 heteroatoms. The van der Waals surface area contributed by atoms with E-state index in [0.29, 0.717) is 0 Å². The first kappa shape index (κ1) is 24.2. The third kappa shape index (κ3) is 5.48. The molecule has 3 rings (SSSR count). The van der Waals surface area contributed by atoms with Gasteiger partial charge in [-0.25, -0.2) is 8.42 Å². The number of hydrogen-bond acceptors (Lipinski definition) is 6. The summed E-state index contributed by atoms with van der Waals surface area (Å²) >= 11 is 0. The topological polar surface area (TPSA) is 118 Å². The second kappa shape index (κ2) is 8.81. The van der Waals surface area contributed by atoms with E-state index in [0.717, 1.165) is 48.7 Å². The van der Waals surface area contributed by atoms with Crippen LogP contribution >= 0.6 is 0 Å². The summed E-state index contributed by atoms with van der Waals surface area (Å²) in [5.41, 5.74) is -1.52. The number of nitro benzene ring substituents is 1. The number of rotatable bonds is 4. The maximum Gasteiger partial charge on any atom is 0.416 e. The number of carbonyl (C=O) groups is 2. The van der Waals surface area contributed by atoms with Gasteiger partial charge >= 0.3 is 6.18 Å². The van der Waals surface area contributed by atoms with Crippen LogP contribution in [0.15, 0.2) is 47.4 Å². The highest BCUT2D eigenvalue weighted by atomic mass is 32.2. The molecule has 9 nitrogen and oxygen atoms in total. The van der Waals surface area contributed by atoms with Gasteiger partial charge in [-0.3, -0.25) is 19.7 Å². The van der Waals surface area contributed by atoms with Crippen molar-refractivity contribution in [2.24, 2.45) is 0 Å². The van der Waals surface area contributed by atoms with Gasteiger partial charge in [0.15, 0.2) is 9.84 Å². The van der Waals surface area contributed by atoms with E-state index in [-0.39, 0.29) is 42.2 Å².